The second-order valence-electron chi connectivity index (χ2n) is 9.22. The van der Waals surface area contributed by atoms with Gasteiger partial charge in [-0.1, -0.05) is 48.5 Å². The molecule has 1 aromatic heterocycles. The van der Waals surface area contributed by atoms with Crippen molar-refractivity contribution in [2.24, 2.45) is 5.92 Å². The third-order valence-corrected chi connectivity index (χ3v) is 8.66. The predicted molar refractivity (Wildman–Crippen MR) is 140 cm³/mol. The number of hydrogen-bond acceptors (Lipinski definition) is 5. The lowest BCUT2D eigenvalue weighted by Crippen LogP contribution is -2.29. The van der Waals surface area contributed by atoms with Crippen LogP contribution in [0.3, 0.4) is 0 Å². The van der Waals surface area contributed by atoms with Crippen LogP contribution in [-0.2, 0) is 27.7 Å². The SMILES string of the molecule is CCOc1ccc(S(=O)(=O)N2C[C@@H](Cc3ccccc3)[C@@H](n3nc(CC(=O)O)c4ccccc43)C2)cc1. The Balaban J connectivity index is 1.53. The van der Waals surface area contributed by atoms with E-state index < -0.39 is 16.0 Å². The molecule has 37 heavy (non-hydrogen) atoms. The summed E-state index contributed by atoms with van der Waals surface area (Å²) in [7, 11) is -3.76. The lowest BCUT2D eigenvalue weighted by molar-refractivity contribution is -0.136. The van der Waals surface area contributed by atoms with Gasteiger partial charge in [0.2, 0.25) is 10.0 Å². The van der Waals surface area contributed by atoms with E-state index in [9.17, 15) is 18.3 Å². The molecule has 0 unspecified atom stereocenters. The minimum Gasteiger partial charge on any atom is -0.494 e. The second-order valence-corrected chi connectivity index (χ2v) is 11.2. The number of benzene rings is 3. The zero-order valence-corrected chi connectivity index (χ0v) is 21.3. The topological polar surface area (TPSA) is 102 Å². The highest BCUT2D eigenvalue weighted by molar-refractivity contribution is 7.89. The molecule has 192 valence electrons. The number of aromatic nitrogens is 2. The van der Waals surface area contributed by atoms with Gasteiger partial charge in [-0.2, -0.15) is 9.40 Å². The highest BCUT2D eigenvalue weighted by atomic mass is 32.2. The molecule has 1 saturated heterocycles. The highest BCUT2D eigenvalue weighted by Gasteiger charge is 2.41. The van der Waals surface area contributed by atoms with Gasteiger partial charge in [0.05, 0.1) is 35.2 Å². The summed E-state index contributed by atoms with van der Waals surface area (Å²) < 4.78 is 36.2. The molecule has 0 spiro atoms. The molecule has 0 amide bonds. The Morgan fingerprint density at radius 3 is 2.41 bits per heavy atom. The van der Waals surface area contributed by atoms with Gasteiger partial charge in [-0.25, -0.2) is 8.42 Å². The number of carboxylic acids is 1. The van der Waals surface area contributed by atoms with E-state index in [2.05, 4.69) is 0 Å². The first-order valence-electron chi connectivity index (χ1n) is 12.3. The van der Waals surface area contributed by atoms with Crippen molar-refractivity contribution in [2.75, 3.05) is 19.7 Å². The first-order valence-corrected chi connectivity index (χ1v) is 13.8. The molecule has 0 bridgehead atoms. The zero-order valence-electron chi connectivity index (χ0n) is 20.5. The third kappa shape index (κ3) is 5.10. The number of carbonyl (C=O) groups is 1. The fraction of sp³-hybridized carbons (Fsp3) is 0.286. The normalized spacial score (nSPS) is 18.3. The Morgan fingerprint density at radius 1 is 1.00 bits per heavy atom. The minimum atomic E-state index is -3.76. The minimum absolute atomic E-state index is 0.0548. The van der Waals surface area contributed by atoms with E-state index in [4.69, 9.17) is 9.84 Å². The van der Waals surface area contributed by atoms with E-state index in [0.717, 1.165) is 16.5 Å². The maximum Gasteiger partial charge on any atom is 0.309 e. The van der Waals surface area contributed by atoms with Crippen LogP contribution in [0.15, 0.2) is 83.8 Å². The number of nitrogens with zero attached hydrogens (tertiary/aromatic N) is 3. The molecule has 0 aliphatic carbocycles. The smallest absolute Gasteiger partial charge is 0.309 e. The summed E-state index contributed by atoms with van der Waals surface area (Å²) in [5.41, 5.74) is 2.40. The quantitative estimate of drug-likeness (QED) is 0.356. The van der Waals surface area contributed by atoms with Crippen LogP contribution in [0.5, 0.6) is 5.75 Å². The van der Waals surface area contributed by atoms with E-state index in [1.807, 2.05) is 66.2 Å². The van der Waals surface area contributed by atoms with Gasteiger partial charge in [0.1, 0.15) is 5.75 Å². The zero-order chi connectivity index (χ0) is 26.0. The van der Waals surface area contributed by atoms with E-state index in [1.165, 1.54) is 4.31 Å². The number of para-hydroxylation sites is 1. The van der Waals surface area contributed by atoms with Gasteiger partial charge in [-0.05, 0) is 49.2 Å². The summed E-state index contributed by atoms with van der Waals surface area (Å²) in [4.78, 5) is 11.7. The summed E-state index contributed by atoms with van der Waals surface area (Å²) in [6, 6.07) is 23.8. The monoisotopic (exact) mass is 519 g/mol. The van der Waals surface area contributed by atoms with Crippen LogP contribution in [-0.4, -0.2) is 53.3 Å². The van der Waals surface area contributed by atoms with Crippen molar-refractivity contribution in [1.82, 2.24) is 14.1 Å². The number of rotatable bonds is 9. The van der Waals surface area contributed by atoms with Gasteiger partial charge in [-0.3, -0.25) is 9.48 Å². The summed E-state index contributed by atoms with van der Waals surface area (Å²) in [6.45, 7) is 2.95. The Kier molecular flexibility index (Phi) is 6.99. The van der Waals surface area contributed by atoms with Gasteiger partial charge in [0.25, 0.3) is 0 Å². The fourth-order valence-electron chi connectivity index (χ4n) is 5.11. The Hall–Kier alpha value is -3.69. The van der Waals surface area contributed by atoms with Crippen molar-refractivity contribution in [1.29, 1.82) is 0 Å². The Bertz CT molecular complexity index is 1500. The molecule has 5 rings (SSSR count). The molecule has 0 saturated carbocycles. The van der Waals surface area contributed by atoms with Crippen molar-refractivity contribution >= 4 is 26.9 Å². The number of aliphatic carboxylic acids is 1. The van der Waals surface area contributed by atoms with E-state index in [1.54, 1.807) is 24.3 Å². The van der Waals surface area contributed by atoms with Crippen LogP contribution in [0.4, 0.5) is 0 Å². The first kappa shape index (κ1) is 25.0. The molecule has 1 fully saturated rings. The summed E-state index contributed by atoms with van der Waals surface area (Å²) in [5.74, 6) is -0.389. The molecule has 9 heteroatoms. The van der Waals surface area contributed by atoms with Gasteiger partial charge in [0.15, 0.2) is 0 Å². The maximum absolute atomic E-state index is 13.7. The molecule has 1 N–H and O–H groups in total. The van der Waals surface area contributed by atoms with Crippen LogP contribution in [0.25, 0.3) is 10.9 Å². The van der Waals surface area contributed by atoms with Crippen LogP contribution in [0.1, 0.15) is 24.2 Å². The standard InChI is InChI=1S/C28H29N3O5S/c1-2-36-22-12-14-23(15-13-22)37(34,35)30-18-21(16-20-8-4-3-5-9-20)27(19-30)31-26-11-7-6-10-24(26)25(29-31)17-28(32)33/h3-15,21,27H,2,16-19H2,1H3,(H,32,33)/t21-,27+/m1/s1. The lowest BCUT2D eigenvalue weighted by Gasteiger charge is -2.20. The van der Waals surface area contributed by atoms with Crippen molar-refractivity contribution in [3.63, 3.8) is 0 Å². The van der Waals surface area contributed by atoms with Gasteiger partial charge < -0.3 is 9.84 Å². The molecule has 1 aliphatic heterocycles. The van der Waals surface area contributed by atoms with E-state index >= 15 is 0 Å². The van der Waals surface area contributed by atoms with Crippen molar-refractivity contribution < 1.29 is 23.1 Å². The number of fused-ring (bicyclic) bond motifs is 1. The van der Waals surface area contributed by atoms with Gasteiger partial charge in [-0.15, -0.1) is 0 Å². The van der Waals surface area contributed by atoms with Crippen LogP contribution >= 0.6 is 0 Å². The van der Waals surface area contributed by atoms with Gasteiger partial charge in [0, 0.05) is 24.4 Å². The van der Waals surface area contributed by atoms with Crippen molar-refractivity contribution in [2.45, 2.75) is 30.7 Å². The number of carboxylic acid groups (broad SMARTS) is 1. The van der Waals surface area contributed by atoms with Crippen molar-refractivity contribution in [3.05, 3.63) is 90.1 Å². The molecule has 1 aliphatic rings. The summed E-state index contributed by atoms with van der Waals surface area (Å²) >= 11 is 0. The molecular weight excluding hydrogens is 490 g/mol. The Morgan fingerprint density at radius 2 is 1.70 bits per heavy atom. The van der Waals surface area contributed by atoms with E-state index in [0.29, 0.717) is 31.0 Å². The predicted octanol–water partition coefficient (Wildman–Crippen LogP) is 4.17. The largest absolute Gasteiger partial charge is 0.494 e. The molecule has 8 nitrogen and oxygen atoms in total. The first-order chi connectivity index (χ1) is 17.9. The molecule has 4 aromatic rings. The molecule has 2 atom stereocenters. The number of sulfonamides is 1. The van der Waals surface area contributed by atoms with Crippen LogP contribution in [0, 0.1) is 5.92 Å². The van der Waals surface area contributed by atoms with Crippen LogP contribution in [0.2, 0.25) is 0 Å². The molecule has 2 heterocycles. The van der Waals surface area contributed by atoms with Crippen LogP contribution < -0.4 is 4.74 Å². The highest BCUT2D eigenvalue weighted by Crippen LogP contribution is 2.36. The Labute approximate surface area is 216 Å². The lowest BCUT2D eigenvalue weighted by atomic mass is 9.95. The third-order valence-electron chi connectivity index (χ3n) is 6.81. The van der Waals surface area contributed by atoms with Gasteiger partial charge >= 0.3 is 5.97 Å². The van der Waals surface area contributed by atoms with Crippen molar-refractivity contribution in [3.8, 4) is 5.75 Å². The van der Waals surface area contributed by atoms with E-state index in [-0.39, 0.29) is 29.8 Å². The molecular formula is C28H29N3O5S. The maximum atomic E-state index is 13.7. The molecule has 0 radical (unpaired) electrons. The molecule has 3 aromatic carbocycles. The average Bonchev–Trinajstić information content (AvgIpc) is 3.47. The number of hydrogen-bond donors (Lipinski definition) is 1. The fourth-order valence-corrected chi connectivity index (χ4v) is 6.63. The average molecular weight is 520 g/mol. The summed E-state index contributed by atoms with van der Waals surface area (Å²) in [5, 5.41) is 14.9. The summed E-state index contributed by atoms with van der Waals surface area (Å²) in [6.07, 6.45) is 0.473. The number of ether oxygens (including phenoxy) is 1. The second kappa shape index (κ2) is 10.4.